The predicted molar refractivity (Wildman–Crippen MR) is 85.3 cm³/mol. The molecule has 0 aliphatic rings. The quantitative estimate of drug-likeness (QED) is 0.806. The SMILES string of the molecule is CC(C)CC(=O)NC(C(Cl)(Cl)Cl)S(=O)(=O)c1ccccc1. The van der Waals surface area contributed by atoms with Crippen LogP contribution in [-0.4, -0.2) is 23.5 Å². The lowest BCUT2D eigenvalue weighted by Gasteiger charge is -2.25. The molecule has 1 amide bonds. The first kappa shape index (κ1) is 18.6. The number of nitrogens with one attached hydrogen (secondary N) is 1. The number of amides is 1. The van der Waals surface area contributed by atoms with Gasteiger partial charge in [-0.2, -0.15) is 0 Å². The van der Waals surface area contributed by atoms with Crippen LogP contribution in [0, 0.1) is 5.92 Å². The number of carbonyl (C=O) groups is 1. The molecule has 0 aromatic heterocycles. The van der Waals surface area contributed by atoms with E-state index in [4.69, 9.17) is 34.8 Å². The first-order chi connectivity index (χ1) is 9.55. The van der Waals surface area contributed by atoms with Crippen molar-refractivity contribution in [2.24, 2.45) is 5.92 Å². The molecule has 4 nitrogen and oxygen atoms in total. The Morgan fingerprint density at radius 1 is 1.19 bits per heavy atom. The Morgan fingerprint density at radius 3 is 2.14 bits per heavy atom. The van der Waals surface area contributed by atoms with Crippen LogP contribution in [0.4, 0.5) is 0 Å². The van der Waals surface area contributed by atoms with E-state index in [2.05, 4.69) is 5.32 Å². The van der Waals surface area contributed by atoms with Crippen molar-refractivity contribution in [1.29, 1.82) is 0 Å². The van der Waals surface area contributed by atoms with E-state index in [9.17, 15) is 13.2 Å². The molecule has 0 heterocycles. The zero-order valence-corrected chi connectivity index (χ0v) is 14.6. The Balaban J connectivity index is 3.12. The molecule has 118 valence electrons. The van der Waals surface area contributed by atoms with E-state index in [1.807, 2.05) is 13.8 Å². The number of halogens is 3. The van der Waals surface area contributed by atoms with Crippen molar-refractivity contribution in [1.82, 2.24) is 5.32 Å². The van der Waals surface area contributed by atoms with Gasteiger partial charge in [0.15, 0.2) is 5.37 Å². The van der Waals surface area contributed by atoms with Gasteiger partial charge in [0, 0.05) is 6.42 Å². The molecule has 0 spiro atoms. The topological polar surface area (TPSA) is 63.2 Å². The van der Waals surface area contributed by atoms with Crippen LogP contribution in [0.5, 0.6) is 0 Å². The lowest BCUT2D eigenvalue weighted by atomic mass is 10.1. The van der Waals surface area contributed by atoms with E-state index in [0.717, 1.165) is 0 Å². The molecular weight excluding hydrogens is 357 g/mol. The van der Waals surface area contributed by atoms with Gasteiger partial charge in [-0.05, 0) is 18.1 Å². The first-order valence-electron chi connectivity index (χ1n) is 6.20. The fourth-order valence-corrected chi connectivity index (χ4v) is 4.32. The molecule has 1 N–H and O–H groups in total. The van der Waals surface area contributed by atoms with Crippen LogP contribution in [-0.2, 0) is 14.6 Å². The monoisotopic (exact) mass is 371 g/mol. The molecular formula is C13H16Cl3NO3S. The highest BCUT2D eigenvalue weighted by atomic mass is 35.6. The maximum atomic E-state index is 12.5. The Kier molecular flexibility index (Phi) is 6.35. The molecule has 8 heteroatoms. The Morgan fingerprint density at radius 2 is 1.71 bits per heavy atom. The lowest BCUT2D eigenvalue weighted by Crippen LogP contribution is -2.49. The molecule has 0 saturated heterocycles. The summed E-state index contributed by atoms with van der Waals surface area (Å²) >= 11 is 17.3. The molecule has 0 saturated carbocycles. The van der Waals surface area contributed by atoms with E-state index < -0.39 is 24.9 Å². The number of hydrogen-bond donors (Lipinski definition) is 1. The molecule has 0 aliphatic carbocycles. The van der Waals surface area contributed by atoms with Gasteiger partial charge in [0.1, 0.15) is 0 Å². The summed E-state index contributed by atoms with van der Waals surface area (Å²) in [6.07, 6.45) is 0.140. The van der Waals surface area contributed by atoms with E-state index >= 15 is 0 Å². The number of hydrogen-bond acceptors (Lipinski definition) is 3. The lowest BCUT2D eigenvalue weighted by molar-refractivity contribution is -0.122. The third-order valence-corrected chi connectivity index (χ3v) is 5.63. The van der Waals surface area contributed by atoms with Crippen LogP contribution in [0.2, 0.25) is 0 Å². The second-order valence-corrected chi connectivity index (χ2v) is 9.35. The van der Waals surface area contributed by atoms with Crippen molar-refractivity contribution in [2.75, 3.05) is 0 Å². The molecule has 0 aliphatic heterocycles. The number of sulfone groups is 1. The minimum atomic E-state index is -4.02. The highest BCUT2D eigenvalue weighted by Crippen LogP contribution is 2.35. The van der Waals surface area contributed by atoms with Gasteiger partial charge in [-0.3, -0.25) is 4.79 Å². The summed E-state index contributed by atoms with van der Waals surface area (Å²) in [4.78, 5) is 11.8. The van der Waals surface area contributed by atoms with Crippen molar-refractivity contribution >= 4 is 50.5 Å². The summed E-state index contributed by atoms with van der Waals surface area (Å²) in [6, 6.07) is 7.54. The molecule has 0 bridgehead atoms. The molecule has 1 unspecified atom stereocenters. The summed E-state index contributed by atoms with van der Waals surface area (Å²) in [7, 11) is -4.02. The molecule has 1 aromatic carbocycles. The van der Waals surface area contributed by atoms with Crippen LogP contribution >= 0.6 is 34.8 Å². The van der Waals surface area contributed by atoms with Crippen molar-refractivity contribution in [2.45, 2.75) is 34.3 Å². The van der Waals surface area contributed by atoms with Gasteiger partial charge in [0.25, 0.3) is 0 Å². The Hall–Kier alpha value is -0.490. The zero-order valence-electron chi connectivity index (χ0n) is 11.5. The van der Waals surface area contributed by atoms with Crippen molar-refractivity contribution in [3.8, 4) is 0 Å². The van der Waals surface area contributed by atoms with Gasteiger partial charge in [0.2, 0.25) is 19.5 Å². The van der Waals surface area contributed by atoms with Gasteiger partial charge < -0.3 is 5.32 Å². The molecule has 0 radical (unpaired) electrons. The number of rotatable bonds is 5. The fraction of sp³-hybridized carbons (Fsp3) is 0.462. The summed E-state index contributed by atoms with van der Waals surface area (Å²) in [5.74, 6) is -0.429. The van der Waals surface area contributed by atoms with Gasteiger partial charge in [-0.15, -0.1) is 0 Å². The third-order valence-electron chi connectivity index (χ3n) is 2.57. The summed E-state index contributed by atoms with van der Waals surface area (Å²) < 4.78 is 22.9. The van der Waals surface area contributed by atoms with Gasteiger partial charge in [-0.25, -0.2) is 8.42 Å². The van der Waals surface area contributed by atoms with Crippen LogP contribution in [0.15, 0.2) is 35.2 Å². The second kappa shape index (κ2) is 7.18. The predicted octanol–water partition coefficient (Wildman–Crippen LogP) is 3.32. The van der Waals surface area contributed by atoms with E-state index in [1.165, 1.54) is 12.1 Å². The molecule has 1 atom stereocenters. The molecule has 0 fully saturated rings. The number of benzene rings is 1. The zero-order chi connectivity index (χ0) is 16.3. The highest BCUT2D eigenvalue weighted by molar-refractivity contribution is 7.92. The smallest absolute Gasteiger partial charge is 0.225 e. The van der Waals surface area contributed by atoms with Crippen molar-refractivity contribution < 1.29 is 13.2 Å². The standard InChI is InChI=1S/C13H16Cl3NO3S/c1-9(2)8-11(18)17-12(13(14,15)16)21(19,20)10-6-4-3-5-7-10/h3-7,9,12H,8H2,1-2H3,(H,17,18). The van der Waals surface area contributed by atoms with Gasteiger partial charge >= 0.3 is 0 Å². The molecule has 21 heavy (non-hydrogen) atoms. The van der Waals surface area contributed by atoms with E-state index in [0.29, 0.717) is 0 Å². The normalized spacial score (nSPS) is 14.0. The summed E-state index contributed by atoms with van der Waals surface area (Å²) in [6.45, 7) is 3.66. The largest absolute Gasteiger partial charge is 0.336 e. The average Bonchev–Trinajstić information content (AvgIpc) is 2.34. The second-order valence-electron chi connectivity index (χ2n) is 4.95. The minimum absolute atomic E-state index is 0.0221. The maximum absolute atomic E-state index is 12.5. The van der Waals surface area contributed by atoms with Crippen molar-refractivity contribution in [3.05, 3.63) is 30.3 Å². The maximum Gasteiger partial charge on any atom is 0.225 e. The van der Waals surface area contributed by atoms with Crippen LogP contribution < -0.4 is 5.32 Å². The van der Waals surface area contributed by atoms with Crippen molar-refractivity contribution in [3.63, 3.8) is 0 Å². The van der Waals surface area contributed by atoms with E-state index in [1.54, 1.807) is 18.2 Å². The van der Waals surface area contributed by atoms with Gasteiger partial charge in [-0.1, -0.05) is 66.8 Å². The first-order valence-corrected chi connectivity index (χ1v) is 8.88. The molecule has 1 aromatic rings. The Bertz CT molecular complexity index is 582. The number of alkyl halides is 3. The number of carbonyl (C=O) groups excluding carboxylic acids is 1. The van der Waals surface area contributed by atoms with Gasteiger partial charge in [0.05, 0.1) is 4.90 Å². The van der Waals surface area contributed by atoms with Crippen LogP contribution in [0.3, 0.4) is 0 Å². The highest BCUT2D eigenvalue weighted by Gasteiger charge is 2.44. The third kappa shape index (κ3) is 5.33. The minimum Gasteiger partial charge on any atom is -0.336 e. The van der Waals surface area contributed by atoms with Crippen LogP contribution in [0.1, 0.15) is 20.3 Å². The summed E-state index contributed by atoms with van der Waals surface area (Å²) in [5, 5.41) is 0.655. The van der Waals surface area contributed by atoms with Crippen LogP contribution in [0.25, 0.3) is 0 Å². The summed E-state index contributed by atoms with van der Waals surface area (Å²) in [5.41, 5.74) is 0. The molecule has 1 rings (SSSR count). The van der Waals surface area contributed by atoms with E-state index in [-0.39, 0.29) is 17.2 Å². The average molecular weight is 373 g/mol. The Labute approximate surface area is 139 Å². The fourth-order valence-electron chi connectivity index (χ4n) is 1.66.